The van der Waals surface area contributed by atoms with Gasteiger partial charge >= 0.3 is 0 Å². The molecule has 17 heavy (non-hydrogen) atoms. The standard InChI is InChI=1S/C12H15N3S2/c1-8-4-5-10(9(2)6-8)16-7-11-14-15-12(13-3)17-11/h4-6H,7H2,1-3H3,(H,13,15). The largest absolute Gasteiger partial charge is 0.363 e. The van der Waals surface area contributed by atoms with Crippen molar-refractivity contribution in [2.24, 2.45) is 0 Å². The monoisotopic (exact) mass is 265 g/mol. The van der Waals surface area contributed by atoms with Crippen LogP contribution in [-0.4, -0.2) is 17.2 Å². The maximum Gasteiger partial charge on any atom is 0.205 e. The number of aromatic nitrogens is 2. The minimum atomic E-state index is 0.876. The predicted octanol–water partition coefficient (Wildman–Crippen LogP) is 3.49. The minimum Gasteiger partial charge on any atom is -0.363 e. The molecule has 0 spiro atoms. The van der Waals surface area contributed by atoms with E-state index >= 15 is 0 Å². The predicted molar refractivity (Wildman–Crippen MR) is 74.9 cm³/mol. The number of hydrogen-bond donors (Lipinski definition) is 1. The van der Waals surface area contributed by atoms with Crippen LogP contribution in [0, 0.1) is 13.8 Å². The van der Waals surface area contributed by atoms with Gasteiger partial charge in [0, 0.05) is 11.9 Å². The van der Waals surface area contributed by atoms with Crippen LogP contribution >= 0.6 is 23.1 Å². The molecule has 1 aromatic carbocycles. The number of thioether (sulfide) groups is 1. The Morgan fingerprint density at radius 2 is 2.12 bits per heavy atom. The van der Waals surface area contributed by atoms with Crippen molar-refractivity contribution in [3.05, 3.63) is 34.3 Å². The molecule has 90 valence electrons. The van der Waals surface area contributed by atoms with Crippen LogP contribution in [0.25, 0.3) is 0 Å². The Bertz CT molecular complexity index is 508. The highest BCUT2D eigenvalue weighted by Gasteiger charge is 2.05. The molecular formula is C12H15N3S2. The molecule has 0 amide bonds. The Morgan fingerprint density at radius 3 is 2.76 bits per heavy atom. The Morgan fingerprint density at radius 1 is 1.29 bits per heavy atom. The molecule has 0 aliphatic heterocycles. The van der Waals surface area contributed by atoms with Crippen LogP contribution in [0.3, 0.4) is 0 Å². The second-order valence-electron chi connectivity index (χ2n) is 3.81. The van der Waals surface area contributed by atoms with E-state index in [2.05, 4.69) is 47.6 Å². The van der Waals surface area contributed by atoms with E-state index in [1.165, 1.54) is 16.0 Å². The smallest absolute Gasteiger partial charge is 0.205 e. The van der Waals surface area contributed by atoms with Crippen LogP contribution in [0.15, 0.2) is 23.1 Å². The summed E-state index contributed by atoms with van der Waals surface area (Å²) in [4.78, 5) is 1.32. The van der Waals surface area contributed by atoms with E-state index in [0.29, 0.717) is 0 Å². The fraction of sp³-hybridized carbons (Fsp3) is 0.333. The molecule has 2 aromatic rings. The molecule has 0 aliphatic carbocycles. The summed E-state index contributed by atoms with van der Waals surface area (Å²) in [6, 6.07) is 6.53. The first-order valence-electron chi connectivity index (χ1n) is 5.39. The summed E-state index contributed by atoms with van der Waals surface area (Å²) in [6.07, 6.45) is 0. The SMILES string of the molecule is CNc1nnc(CSc2ccc(C)cc2C)s1. The molecular weight excluding hydrogens is 250 g/mol. The van der Waals surface area contributed by atoms with Crippen LogP contribution in [0.4, 0.5) is 5.13 Å². The maximum absolute atomic E-state index is 4.13. The van der Waals surface area contributed by atoms with Crippen molar-refractivity contribution in [1.82, 2.24) is 10.2 Å². The number of benzene rings is 1. The zero-order valence-corrected chi connectivity index (χ0v) is 11.8. The Labute approximate surface area is 110 Å². The van der Waals surface area contributed by atoms with Gasteiger partial charge in [0.1, 0.15) is 5.01 Å². The first kappa shape index (κ1) is 12.4. The molecule has 0 atom stereocenters. The minimum absolute atomic E-state index is 0.876. The van der Waals surface area contributed by atoms with Gasteiger partial charge in [0.15, 0.2) is 0 Å². The fourth-order valence-electron chi connectivity index (χ4n) is 1.51. The lowest BCUT2D eigenvalue weighted by atomic mass is 10.2. The van der Waals surface area contributed by atoms with Crippen molar-refractivity contribution >= 4 is 28.2 Å². The highest BCUT2D eigenvalue weighted by atomic mass is 32.2. The van der Waals surface area contributed by atoms with Gasteiger partial charge in [0.25, 0.3) is 0 Å². The van der Waals surface area contributed by atoms with Crippen molar-refractivity contribution in [1.29, 1.82) is 0 Å². The van der Waals surface area contributed by atoms with E-state index in [1.807, 2.05) is 18.8 Å². The van der Waals surface area contributed by atoms with Crippen LogP contribution < -0.4 is 5.32 Å². The van der Waals surface area contributed by atoms with Crippen LogP contribution in [0.5, 0.6) is 0 Å². The van der Waals surface area contributed by atoms with Crippen LogP contribution in [-0.2, 0) is 5.75 Å². The number of rotatable bonds is 4. The highest BCUT2D eigenvalue weighted by molar-refractivity contribution is 7.98. The van der Waals surface area contributed by atoms with Gasteiger partial charge in [-0.25, -0.2) is 0 Å². The summed E-state index contributed by atoms with van der Waals surface area (Å²) in [5, 5.41) is 13.1. The van der Waals surface area contributed by atoms with Gasteiger partial charge in [-0.05, 0) is 25.5 Å². The second kappa shape index (κ2) is 5.51. The number of nitrogens with one attached hydrogen (secondary N) is 1. The molecule has 1 aromatic heterocycles. The molecule has 1 N–H and O–H groups in total. The lowest BCUT2D eigenvalue weighted by Gasteiger charge is -2.04. The number of aryl methyl sites for hydroxylation is 2. The molecule has 0 unspecified atom stereocenters. The molecule has 0 saturated carbocycles. The van der Waals surface area contributed by atoms with Gasteiger partial charge in [-0.15, -0.1) is 22.0 Å². The quantitative estimate of drug-likeness (QED) is 0.859. The number of hydrogen-bond acceptors (Lipinski definition) is 5. The molecule has 0 bridgehead atoms. The van der Waals surface area contributed by atoms with Gasteiger partial charge in [0.05, 0.1) is 5.75 Å². The highest BCUT2D eigenvalue weighted by Crippen LogP contribution is 2.28. The molecule has 5 heteroatoms. The molecule has 0 fully saturated rings. The lowest BCUT2D eigenvalue weighted by Crippen LogP contribution is -1.85. The zero-order valence-electron chi connectivity index (χ0n) is 10.2. The van der Waals surface area contributed by atoms with Gasteiger partial charge in [-0.3, -0.25) is 0 Å². The first-order chi connectivity index (χ1) is 8.19. The summed E-state index contributed by atoms with van der Waals surface area (Å²) in [5.41, 5.74) is 2.63. The van der Waals surface area contributed by atoms with E-state index in [-0.39, 0.29) is 0 Å². The fourth-order valence-corrected chi connectivity index (χ4v) is 3.20. The summed E-state index contributed by atoms with van der Waals surface area (Å²) >= 11 is 3.42. The number of nitrogens with zero attached hydrogens (tertiary/aromatic N) is 2. The third-order valence-electron chi connectivity index (χ3n) is 2.36. The number of anilines is 1. The first-order valence-corrected chi connectivity index (χ1v) is 7.19. The Kier molecular flexibility index (Phi) is 4.02. The molecule has 0 radical (unpaired) electrons. The van der Waals surface area contributed by atoms with E-state index in [4.69, 9.17) is 0 Å². The zero-order chi connectivity index (χ0) is 12.3. The van der Waals surface area contributed by atoms with Crippen LogP contribution in [0.2, 0.25) is 0 Å². The van der Waals surface area contributed by atoms with Gasteiger partial charge in [-0.1, -0.05) is 29.0 Å². The molecule has 3 nitrogen and oxygen atoms in total. The molecule has 0 aliphatic rings. The van der Waals surface area contributed by atoms with Crippen molar-refractivity contribution in [3.63, 3.8) is 0 Å². The average molecular weight is 265 g/mol. The van der Waals surface area contributed by atoms with Crippen LogP contribution in [0.1, 0.15) is 16.1 Å². The summed E-state index contributed by atoms with van der Waals surface area (Å²) in [5.74, 6) is 0.878. The van der Waals surface area contributed by atoms with Gasteiger partial charge in [0.2, 0.25) is 5.13 Å². The second-order valence-corrected chi connectivity index (χ2v) is 5.89. The third kappa shape index (κ3) is 3.20. The third-order valence-corrected chi connectivity index (χ3v) is 4.67. The Balaban J connectivity index is 2.02. The van der Waals surface area contributed by atoms with Crippen molar-refractivity contribution in [3.8, 4) is 0 Å². The summed E-state index contributed by atoms with van der Waals surface area (Å²) in [7, 11) is 1.86. The average Bonchev–Trinajstić information content (AvgIpc) is 2.76. The summed E-state index contributed by atoms with van der Waals surface area (Å²) in [6.45, 7) is 4.26. The molecule has 2 rings (SSSR count). The summed E-state index contributed by atoms with van der Waals surface area (Å²) < 4.78 is 0. The van der Waals surface area contributed by atoms with E-state index in [1.54, 1.807) is 11.3 Å². The van der Waals surface area contributed by atoms with E-state index in [0.717, 1.165) is 15.9 Å². The van der Waals surface area contributed by atoms with Gasteiger partial charge in [-0.2, -0.15) is 0 Å². The van der Waals surface area contributed by atoms with Crippen molar-refractivity contribution in [2.45, 2.75) is 24.5 Å². The van der Waals surface area contributed by atoms with E-state index < -0.39 is 0 Å². The van der Waals surface area contributed by atoms with Crippen molar-refractivity contribution in [2.75, 3.05) is 12.4 Å². The topological polar surface area (TPSA) is 37.8 Å². The maximum atomic E-state index is 4.13. The Hall–Kier alpha value is -1.07. The molecule has 0 saturated heterocycles. The van der Waals surface area contributed by atoms with E-state index in [9.17, 15) is 0 Å². The van der Waals surface area contributed by atoms with Crippen molar-refractivity contribution < 1.29 is 0 Å². The lowest BCUT2D eigenvalue weighted by molar-refractivity contribution is 1.04. The normalized spacial score (nSPS) is 10.5. The molecule has 1 heterocycles. The van der Waals surface area contributed by atoms with Gasteiger partial charge < -0.3 is 5.32 Å².